The molecule has 2 amide bonds. The Kier molecular flexibility index (Phi) is 9.36. The van der Waals surface area contributed by atoms with E-state index in [-0.39, 0.29) is 11.6 Å². The maximum Gasteiger partial charge on any atom is 0.341 e. The predicted octanol–water partition coefficient (Wildman–Crippen LogP) is 3.26. The minimum Gasteiger partial charge on any atom is -0.462 e. The number of thiazole rings is 1. The zero-order valence-corrected chi connectivity index (χ0v) is 24.5. The molecule has 210 valence electrons. The van der Waals surface area contributed by atoms with Crippen LogP contribution in [0.15, 0.2) is 23.2 Å². The maximum atomic E-state index is 12.8. The molecule has 0 atom stereocenters. The number of hydrogen-bond donors (Lipinski definition) is 1. The van der Waals surface area contributed by atoms with E-state index in [0.29, 0.717) is 29.9 Å². The van der Waals surface area contributed by atoms with E-state index in [1.807, 2.05) is 29.7 Å². The number of rotatable bonds is 10. The van der Waals surface area contributed by atoms with Crippen molar-refractivity contribution in [3.8, 4) is 0 Å². The number of anilines is 1. The molecule has 13 heteroatoms. The van der Waals surface area contributed by atoms with Crippen LogP contribution in [0.5, 0.6) is 0 Å². The van der Waals surface area contributed by atoms with Gasteiger partial charge < -0.3 is 19.4 Å². The Balaban J connectivity index is 1.51. The lowest BCUT2D eigenvalue weighted by Crippen LogP contribution is -2.28. The number of sulfone groups is 1. The molecule has 1 aliphatic carbocycles. The molecular formula is C26H31N3O7S3. The van der Waals surface area contributed by atoms with Gasteiger partial charge in [-0.05, 0) is 62.8 Å². The van der Waals surface area contributed by atoms with Gasteiger partial charge >= 0.3 is 5.97 Å². The van der Waals surface area contributed by atoms with Gasteiger partial charge in [-0.15, -0.1) is 11.3 Å². The van der Waals surface area contributed by atoms with Gasteiger partial charge in [-0.1, -0.05) is 17.4 Å². The van der Waals surface area contributed by atoms with E-state index in [2.05, 4.69) is 10.3 Å². The van der Waals surface area contributed by atoms with Crippen molar-refractivity contribution in [3.63, 3.8) is 0 Å². The Morgan fingerprint density at radius 2 is 1.90 bits per heavy atom. The van der Waals surface area contributed by atoms with Gasteiger partial charge in [0.2, 0.25) is 5.91 Å². The number of thiophene rings is 1. The molecule has 2 aromatic heterocycles. The zero-order chi connectivity index (χ0) is 28.2. The van der Waals surface area contributed by atoms with E-state index in [1.165, 1.54) is 22.7 Å². The van der Waals surface area contributed by atoms with Gasteiger partial charge in [-0.25, -0.2) is 13.2 Å². The summed E-state index contributed by atoms with van der Waals surface area (Å²) in [5.74, 6) is -4.04. The Bertz CT molecular complexity index is 1580. The standard InChI is InChI=1S/C26H31N3O7S3/c1-4-36-25(32)23-17-7-5-6-8-19(17)37-24(23)27-21(30)14-39(33,34)15-22(31)28-26-29(11-12-35-3)18-10-9-16(2)13-20(18)38-26/h9-10,13H,4-8,11-12,14-15H2,1-3H3,(H,27,30). The molecule has 1 aliphatic rings. The van der Waals surface area contributed by atoms with Crippen molar-refractivity contribution in [2.24, 2.45) is 4.99 Å². The number of carbonyl (C=O) groups excluding carboxylic acids is 3. The first-order valence-corrected chi connectivity index (χ1v) is 16.1. The molecule has 0 fully saturated rings. The number of fused-ring (bicyclic) bond motifs is 2. The quantitative estimate of drug-likeness (QED) is 0.357. The van der Waals surface area contributed by atoms with Crippen molar-refractivity contribution in [1.29, 1.82) is 0 Å². The van der Waals surface area contributed by atoms with Gasteiger partial charge in [0, 0.05) is 18.5 Å². The molecule has 0 spiro atoms. The van der Waals surface area contributed by atoms with Crippen LogP contribution in [0, 0.1) is 6.92 Å². The van der Waals surface area contributed by atoms with Crippen LogP contribution in [0.1, 0.15) is 46.1 Å². The van der Waals surface area contributed by atoms with Gasteiger partial charge in [0.15, 0.2) is 14.6 Å². The van der Waals surface area contributed by atoms with Crippen molar-refractivity contribution in [1.82, 2.24) is 4.57 Å². The fraction of sp³-hybridized carbons (Fsp3) is 0.462. The topological polar surface area (TPSA) is 133 Å². The molecule has 1 aromatic carbocycles. The molecule has 3 aromatic rings. The fourth-order valence-electron chi connectivity index (χ4n) is 4.48. The van der Waals surface area contributed by atoms with Crippen molar-refractivity contribution in [3.05, 3.63) is 44.6 Å². The summed E-state index contributed by atoms with van der Waals surface area (Å²) in [6, 6.07) is 5.85. The number of carbonyl (C=O) groups is 3. The molecule has 39 heavy (non-hydrogen) atoms. The number of benzene rings is 1. The van der Waals surface area contributed by atoms with Crippen LogP contribution in [0.4, 0.5) is 5.00 Å². The van der Waals surface area contributed by atoms with Crippen molar-refractivity contribution in [2.45, 2.75) is 46.1 Å². The Morgan fingerprint density at radius 1 is 1.13 bits per heavy atom. The average Bonchev–Trinajstić information content (AvgIpc) is 3.38. The first-order valence-electron chi connectivity index (χ1n) is 12.6. The summed E-state index contributed by atoms with van der Waals surface area (Å²) in [6.45, 7) is 4.66. The number of methoxy groups -OCH3 is 1. The van der Waals surface area contributed by atoms with Crippen LogP contribution in [-0.4, -0.2) is 62.6 Å². The highest BCUT2D eigenvalue weighted by Gasteiger charge is 2.28. The van der Waals surface area contributed by atoms with Crippen LogP contribution in [-0.2, 0) is 48.3 Å². The van der Waals surface area contributed by atoms with Crippen LogP contribution < -0.4 is 10.1 Å². The first-order chi connectivity index (χ1) is 18.6. The van der Waals surface area contributed by atoms with Crippen molar-refractivity contribution >= 4 is 65.5 Å². The van der Waals surface area contributed by atoms with Gasteiger partial charge in [0.1, 0.15) is 16.5 Å². The highest BCUT2D eigenvalue weighted by Crippen LogP contribution is 2.38. The zero-order valence-electron chi connectivity index (χ0n) is 22.1. The van der Waals surface area contributed by atoms with Crippen LogP contribution in [0.2, 0.25) is 0 Å². The average molecular weight is 594 g/mol. The second-order valence-electron chi connectivity index (χ2n) is 9.22. The minimum atomic E-state index is -4.13. The highest BCUT2D eigenvalue weighted by atomic mass is 32.2. The summed E-state index contributed by atoms with van der Waals surface area (Å²) in [5.41, 5.74) is 3.07. The molecule has 0 radical (unpaired) electrons. The van der Waals surface area contributed by atoms with E-state index < -0.39 is 39.1 Å². The van der Waals surface area contributed by atoms with E-state index >= 15 is 0 Å². The number of hydrogen-bond acceptors (Lipinski definition) is 9. The second-order valence-corrected chi connectivity index (χ2v) is 13.4. The smallest absolute Gasteiger partial charge is 0.341 e. The summed E-state index contributed by atoms with van der Waals surface area (Å²) in [7, 11) is -2.56. The van der Waals surface area contributed by atoms with E-state index in [4.69, 9.17) is 9.47 Å². The Morgan fingerprint density at radius 3 is 2.64 bits per heavy atom. The van der Waals surface area contributed by atoms with E-state index in [0.717, 1.165) is 45.5 Å². The molecule has 0 unspecified atom stereocenters. The van der Waals surface area contributed by atoms with Gasteiger partial charge in [0.05, 0.1) is 29.0 Å². The third kappa shape index (κ3) is 7.02. The van der Waals surface area contributed by atoms with Crippen LogP contribution in [0.3, 0.4) is 0 Å². The number of nitrogens with zero attached hydrogens (tertiary/aromatic N) is 2. The summed E-state index contributed by atoms with van der Waals surface area (Å²) < 4.78 is 38.6. The van der Waals surface area contributed by atoms with E-state index in [1.54, 1.807) is 14.0 Å². The normalized spacial score (nSPS) is 13.9. The maximum absolute atomic E-state index is 12.8. The molecular weight excluding hydrogens is 563 g/mol. The lowest BCUT2D eigenvalue weighted by molar-refractivity contribution is -0.115. The molecule has 0 bridgehead atoms. The first kappa shape index (κ1) is 29.1. The monoisotopic (exact) mass is 593 g/mol. The molecule has 1 N–H and O–H groups in total. The number of aryl methyl sites for hydroxylation is 2. The molecule has 10 nitrogen and oxygen atoms in total. The molecule has 2 heterocycles. The van der Waals surface area contributed by atoms with Crippen molar-refractivity contribution in [2.75, 3.05) is 37.1 Å². The largest absolute Gasteiger partial charge is 0.462 e. The molecule has 4 rings (SSSR count). The lowest BCUT2D eigenvalue weighted by atomic mass is 9.95. The summed E-state index contributed by atoms with van der Waals surface area (Å²) in [5, 5.41) is 2.87. The highest BCUT2D eigenvalue weighted by molar-refractivity contribution is 7.92. The lowest BCUT2D eigenvalue weighted by Gasteiger charge is -2.12. The number of amides is 2. The molecule has 0 aliphatic heterocycles. The summed E-state index contributed by atoms with van der Waals surface area (Å²) in [4.78, 5) is 43.5. The second kappa shape index (κ2) is 12.5. The van der Waals surface area contributed by atoms with Crippen LogP contribution >= 0.6 is 22.7 Å². The Labute approximate surface area is 234 Å². The van der Waals surface area contributed by atoms with Crippen molar-refractivity contribution < 1.29 is 32.3 Å². The number of aromatic nitrogens is 1. The van der Waals surface area contributed by atoms with Gasteiger partial charge in [0.25, 0.3) is 5.91 Å². The third-order valence-corrected chi connectivity index (χ3v) is 9.81. The van der Waals surface area contributed by atoms with Gasteiger partial charge in [-0.3, -0.25) is 9.59 Å². The van der Waals surface area contributed by atoms with Gasteiger partial charge in [-0.2, -0.15) is 4.99 Å². The third-order valence-electron chi connectivity index (χ3n) is 6.18. The van der Waals surface area contributed by atoms with E-state index in [9.17, 15) is 22.8 Å². The summed E-state index contributed by atoms with van der Waals surface area (Å²) in [6.07, 6.45) is 3.40. The SMILES string of the molecule is CCOC(=O)c1c(NC(=O)CS(=O)(=O)CC(=O)N=c2sc3cc(C)ccc3n2CCOC)sc2c1CCCC2. The molecule has 0 saturated heterocycles. The fourth-order valence-corrected chi connectivity index (χ4v) is 7.96. The number of esters is 1. The Hall–Kier alpha value is -2.87. The number of nitrogens with one attached hydrogen (secondary N) is 1. The predicted molar refractivity (Wildman–Crippen MR) is 151 cm³/mol. The van der Waals surface area contributed by atoms with Crippen LogP contribution in [0.25, 0.3) is 10.2 Å². The number of ether oxygens (including phenoxy) is 2. The summed E-state index contributed by atoms with van der Waals surface area (Å²) >= 11 is 2.56. The minimum absolute atomic E-state index is 0.182. The molecule has 0 saturated carbocycles.